The van der Waals surface area contributed by atoms with Gasteiger partial charge in [-0.1, -0.05) is 32.1 Å². The molecule has 0 spiro atoms. The Morgan fingerprint density at radius 3 is 2.69 bits per heavy atom. The number of benzene rings is 2. The number of hydrogen-bond acceptors (Lipinski definition) is 4. The molecule has 6 nitrogen and oxygen atoms in total. The Balaban J connectivity index is 1.64. The maximum atomic E-state index is 13.9. The molecule has 166 valence electrons. The van der Waals surface area contributed by atoms with Crippen molar-refractivity contribution in [2.45, 2.75) is 18.7 Å². The van der Waals surface area contributed by atoms with Crippen LogP contribution in [0.1, 0.15) is 19.4 Å². The van der Waals surface area contributed by atoms with Crippen molar-refractivity contribution in [1.29, 1.82) is 0 Å². The second-order valence-electron chi connectivity index (χ2n) is 7.45. The van der Waals surface area contributed by atoms with Crippen molar-refractivity contribution in [3.63, 3.8) is 0 Å². The Morgan fingerprint density at radius 1 is 1.09 bits per heavy atom. The summed E-state index contributed by atoms with van der Waals surface area (Å²) >= 11 is 0. The highest BCUT2D eigenvalue weighted by molar-refractivity contribution is 7.92. The smallest absolute Gasteiger partial charge is 0.262 e. The van der Waals surface area contributed by atoms with Gasteiger partial charge in [0.05, 0.1) is 10.4 Å². The monoisotopic (exact) mass is 452 g/mol. The second-order valence-corrected chi connectivity index (χ2v) is 9.11. The Hall–Kier alpha value is -3.23. The summed E-state index contributed by atoms with van der Waals surface area (Å²) in [6.45, 7) is 6.53. The molecular weight excluding hydrogens is 427 g/mol. The molecule has 4 rings (SSSR count). The molecule has 0 saturated heterocycles. The van der Waals surface area contributed by atoms with Crippen LogP contribution < -0.4 is 4.72 Å². The fraction of sp³-hybridized carbons (Fsp3) is 0.208. The molecule has 2 aromatic carbocycles. The average Bonchev–Trinajstić information content (AvgIpc) is 3.25. The van der Waals surface area contributed by atoms with Crippen molar-refractivity contribution in [3.8, 4) is 0 Å². The van der Waals surface area contributed by atoms with E-state index >= 15 is 0 Å². The Morgan fingerprint density at radius 2 is 1.91 bits per heavy atom. The molecule has 0 aliphatic rings. The third-order valence-corrected chi connectivity index (χ3v) is 6.92. The van der Waals surface area contributed by atoms with Gasteiger partial charge in [-0.3, -0.25) is 4.72 Å². The molecule has 0 bridgehead atoms. The normalized spacial score (nSPS) is 12.4. The third kappa shape index (κ3) is 4.51. The first-order valence-corrected chi connectivity index (χ1v) is 12.0. The summed E-state index contributed by atoms with van der Waals surface area (Å²) in [7, 11) is -3.92. The number of pyridine rings is 1. The Kier molecular flexibility index (Phi) is 6.25. The molecule has 0 fully saturated rings. The zero-order valence-corrected chi connectivity index (χ0v) is 18.8. The molecule has 0 saturated carbocycles. The van der Waals surface area contributed by atoms with Gasteiger partial charge in [-0.2, -0.15) is 5.10 Å². The van der Waals surface area contributed by atoms with Crippen LogP contribution in [0.25, 0.3) is 22.4 Å². The van der Waals surface area contributed by atoms with Gasteiger partial charge < -0.3 is 4.90 Å². The minimum Gasteiger partial charge on any atom is -0.300 e. The van der Waals surface area contributed by atoms with Crippen LogP contribution in [0.5, 0.6) is 0 Å². The van der Waals surface area contributed by atoms with Crippen molar-refractivity contribution in [2.75, 3.05) is 24.4 Å². The van der Waals surface area contributed by atoms with E-state index in [1.165, 1.54) is 12.1 Å². The van der Waals surface area contributed by atoms with Gasteiger partial charge in [-0.05, 0) is 66.5 Å². The number of nitrogens with one attached hydrogen (secondary N) is 1. The maximum Gasteiger partial charge on any atom is 0.262 e. The molecule has 4 aromatic rings. The lowest BCUT2D eigenvalue weighted by atomic mass is 10.1. The van der Waals surface area contributed by atoms with Crippen LogP contribution in [0.15, 0.2) is 71.9 Å². The van der Waals surface area contributed by atoms with Gasteiger partial charge in [-0.25, -0.2) is 17.3 Å². The van der Waals surface area contributed by atoms with E-state index < -0.39 is 15.8 Å². The van der Waals surface area contributed by atoms with Crippen molar-refractivity contribution < 1.29 is 12.8 Å². The lowest BCUT2D eigenvalue weighted by Crippen LogP contribution is -2.22. The number of hydrogen-bond donors (Lipinski definition) is 1. The van der Waals surface area contributed by atoms with Crippen LogP contribution in [-0.4, -0.2) is 42.6 Å². The van der Waals surface area contributed by atoms with Crippen LogP contribution in [-0.2, 0) is 10.0 Å². The van der Waals surface area contributed by atoms with E-state index in [1.807, 2.05) is 30.5 Å². The summed E-state index contributed by atoms with van der Waals surface area (Å²) in [5.41, 5.74) is 1.69. The molecule has 0 unspecified atom stereocenters. The number of anilines is 1. The highest BCUT2D eigenvalue weighted by Gasteiger charge is 2.19. The van der Waals surface area contributed by atoms with Gasteiger partial charge in [0.2, 0.25) is 0 Å². The fourth-order valence-corrected chi connectivity index (χ4v) is 4.94. The first kappa shape index (κ1) is 22.0. The predicted octanol–water partition coefficient (Wildman–Crippen LogP) is 4.78. The zero-order valence-electron chi connectivity index (χ0n) is 18.0. The predicted molar refractivity (Wildman–Crippen MR) is 127 cm³/mol. The first-order valence-electron chi connectivity index (χ1n) is 10.5. The zero-order chi connectivity index (χ0) is 22.7. The van der Waals surface area contributed by atoms with Crippen molar-refractivity contribution in [3.05, 3.63) is 78.4 Å². The quantitative estimate of drug-likeness (QED) is 0.418. The fourth-order valence-electron chi connectivity index (χ4n) is 3.71. The van der Waals surface area contributed by atoms with Crippen LogP contribution in [0.3, 0.4) is 0 Å². The lowest BCUT2D eigenvalue weighted by Gasteiger charge is -2.15. The van der Waals surface area contributed by atoms with Crippen LogP contribution >= 0.6 is 0 Å². The molecule has 2 aromatic heterocycles. The minimum absolute atomic E-state index is 0.0287. The summed E-state index contributed by atoms with van der Waals surface area (Å²) in [5, 5.41) is 6.07. The summed E-state index contributed by atoms with van der Waals surface area (Å²) in [6.07, 6.45) is 7.06. The van der Waals surface area contributed by atoms with E-state index in [4.69, 9.17) is 0 Å². The van der Waals surface area contributed by atoms with Gasteiger partial charge in [-0.15, -0.1) is 0 Å². The van der Waals surface area contributed by atoms with E-state index in [2.05, 4.69) is 28.6 Å². The Labute approximate surface area is 187 Å². The molecule has 8 heteroatoms. The lowest BCUT2D eigenvalue weighted by molar-refractivity contribution is 0.338. The number of rotatable bonds is 8. The number of likely N-dealkylation sites (N-methyl/N-ethyl adjacent to an activating group) is 1. The molecule has 2 heterocycles. The second kappa shape index (κ2) is 9.10. The Bertz CT molecular complexity index is 1390. The number of halogens is 1. The number of nitrogens with zero attached hydrogens (tertiary/aromatic N) is 3. The van der Waals surface area contributed by atoms with E-state index in [1.54, 1.807) is 28.9 Å². The summed E-state index contributed by atoms with van der Waals surface area (Å²) in [5.74, 6) is -0.484. The highest BCUT2D eigenvalue weighted by Crippen LogP contribution is 2.26. The SMILES string of the molecule is CCN(CC)C/C=C\c1cc(F)ccc1S(=O)(=O)Nc1ccc2c(ccn3nccc23)c1. The van der Waals surface area contributed by atoms with Crippen LogP contribution in [0, 0.1) is 5.82 Å². The van der Waals surface area contributed by atoms with Crippen molar-refractivity contribution in [1.82, 2.24) is 14.5 Å². The molecule has 1 N–H and O–H groups in total. The molecule has 32 heavy (non-hydrogen) atoms. The van der Waals surface area contributed by atoms with Gasteiger partial charge in [0.1, 0.15) is 5.82 Å². The number of aromatic nitrogens is 2. The summed E-state index contributed by atoms with van der Waals surface area (Å²) < 4.78 is 44.6. The molecule has 0 aliphatic heterocycles. The molecule has 0 radical (unpaired) electrons. The largest absolute Gasteiger partial charge is 0.300 e. The molecular formula is C24H25FN4O2S. The van der Waals surface area contributed by atoms with Crippen molar-refractivity contribution in [2.24, 2.45) is 0 Å². The molecule has 0 atom stereocenters. The number of sulfonamides is 1. The topological polar surface area (TPSA) is 66.7 Å². The molecule has 0 amide bonds. The molecule has 0 aliphatic carbocycles. The van der Waals surface area contributed by atoms with E-state index in [9.17, 15) is 12.8 Å². The van der Waals surface area contributed by atoms with E-state index in [0.29, 0.717) is 17.8 Å². The van der Waals surface area contributed by atoms with Gasteiger partial charge in [0.15, 0.2) is 0 Å². The summed E-state index contributed by atoms with van der Waals surface area (Å²) in [4.78, 5) is 2.20. The minimum atomic E-state index is -3.92. The highest BCUT2D eigenvalue weighted by atomic mass is 32.2. The van der Waals surface area contributed by atoms with Gasteiger partial charge in [0.25, 0.3) is 10.0 Å². The standard InChI is InChI=1S/C24H25FN4O2S/c1-3-28(4-2)14-5-6-19-16-20(25)7-10-24(19)32(30,31)27-21-8-9-22-18(17-21)12-15-29-23(22)11-13-26-29/h5-13,15-17,27H,3-4,14H2,1-2H3/b6-5-. The van der Waals surface area contributed by atoms with E-state index in [0.717, 1.165) is 35.4 Å². The first-order chi connectivity index (χ1) is 15.4. The van der Waals surface area contributed by atoms with Crippen LogP contribution in [0.2, 0.25) is 0 Å². The maximum absolute atomic E-state index is 13.9. The third-order valence-electron chi connectivity index (χ3n) is 5.46. The van der Waals surface area contributed by atoms with Gasteiger partial charge in [0, 0.05) is 30.0 Å². The van der Waals surface area contributed by atoms with Gasteiger partial charge >= 0.3 is 0 Å². The van der Waals surface area contributed by atoms with E-state index in [-0.39, 0.29) is 4.90 Å². The number of fused-ring (bicyclic) bond motifs is 3. The summed E-state index contributed by atoms with van der Waals surface area (Å²) in [6, 6.07) is 12.8. The van der Waals surface area contributed by atoms with Crippen LogP contribution in [0.4, 0.5) is 10.1 Å². The average molecular weight is 453 g/mol. The van der Waals surface area contributed by atoms with Crippen molar-refractivity contribution >= 4 is 38.1 Å².